The molecule has 0 radical (unpaired) electrons. The van der Waals surface area contributed by atoms with Crippen molar-refractivity contribution < 1.29 is 4.79 Å². The molecule has 0 atom stereocenters. The highest BCUT2D eigenvalue weighted by Crippen LogP contribution is 2.49. The lowest BCUT2D eigenvalue weighted by Gasteiger charge is -2.18. The highest BCUT2D eigenvalue weighted by atomic mass is 35.5. The van der Waals surface area contributed by atoms with Crippen molar-refractivity contribution in [2.45, 2.75) is 31.2 Å². The Labute approximate surface area is 171 Å². The number of aryl methyl sites for hydroxylation is 2. The number of carbonyl (C=O) groups excluding carboxylic acids is 1. The van der Waals surface area contributed by atoms with Crippen molar-refractivity contribution in [3.05, 3.63) is 62.0 Å². The topological polar surface area (TPSA) is 90.9 Å². The van der Waals surface area contributed by atoms with Crippen molar-refractivity contribution in [2.24, 2.45) is 14.1 Å². The smallest absolute Gasteiger partial charge is 0.332 e. The Morgan fingerprint density at radius 1 is 1.21 bits per heavy atom. The van der Waals surface area contributed by atoms with Gasteiger partial charge in [0.2, 0.25) is 5.91 Å². The van der Waals surface area contributed by atoms with E-state index in [-0.39, 0.29) is 17.7 Å². The Kier molecular flexibility index (Phi) is 4.82. The number of imidazole rings is 1. The molecule has 0 saturated heterocycles. The Bertz CT molecular complexity index is 1220. The number of halogens is 1. The lowest BCUT2D eigenvalue weighted by atomic mass is 9.96. The highest BCUT2D eigenvalue weighted by molar-refractivity contribution is 6.31. The monoisotopic (exact) mass is 415 g/mol. The third kappa shape index (κ3) is 3.37. The van der Waals surface area contributed by atoms with E-state index in [4.69, 9.17) is 11.6 Å². The van der Waals surface area contributed by atoms with E-state index in [1.807, 2.05) is 24.3 Å². The zero-order valence-corrected chi connectivity index (χ0v) is 17.1. The quantitative estimate of drug-likeness (QED) is 0.657. The molecule has 1 N–H and O–H groups in total. The number of aromatic nitrogens is 4. The number of fused-ring (bicyclic) bond motifs is 1. The van der Waals surface area contributed by atoms with Crippen molar-refractivity contribution >= 4 is 28.7 Å². The summed E-state index contributed by atoms with van der Waals surface area (Å²) in [6.07, 6.45) is 3.68. The van der Waals surface area contributed by atoms with Gasteiger partial charge in [0.05, 0.1) is 6.33 Å². The van der Waals surface area contributed by atoms with Crippen LogP contribution in [-0.2, 0) is 30.8 Å². The van der Waals surface area contributed by atoms with Gasteiger partial charge in [-0.05, 0) is 24.5 Å². The minimum atomic E-state index is -0.431. The molecule has 1 aliphatic rings. The molecule has 1 aromatic carbocycles. The van der Waals surface area contributed by atoms with Gasteiger partial charge in [0.25, 0.3) is 5.56 Å². The van der Waals surface area contributed by atoms with Gasteiger partial charge in [0, 0.05) is 44.0 Å². The lowest BCUT2D eigenvalue weighted by Crippen LogP contribution is -2.37. The Hall–Kier alpha value is -2.87. The molecule has 0 spiro atoms. The third-order valence-corrected chi connectivity index (χ3v) is 6.05. The van der Waals surface area contributed by atoms with E-state index in [2.05, 4.69) is 10.3 Å². The van der Waals surface area contributed by atoms with E-state index in [9.17, 15) is 14.4 Å². The van der Waals surface area contributed by atoms with Gasteiger partial charge in [0.1, 0.15) is 0 Å². The molecule has 0 bridgehead atoms. The molecule has 9 heteroatoms. The van der Waals surface area contributed by atoms with E-state index < -0.39 is 11.2 Å². The molecule has 1 aliphatic carbocycles. The van der Waals surface area contributed by atoms with Crippen LogP contribution >= 0.6 is 11.6 Å². The molecule has 4 rings (SSSR count). The van der Waals surface area contributed by atoms with Crippen LogP contribution in [0.5, 0.6) is 0 Å². The maximum Gasteiger partial charge on any atom is 0.332 e. The first kappa shape index (κ1) is 19.4. The fourth-order valence-electron chi connectivity index (χ4n) is 3.73. The van der Waals surface area contributed by atoms with Gasteiger partial charge >= 0.3 is 5.69 Å². The number of nitrogens with zero attached hydrogens (tertiary/aromatic N) is 4. The second kappa shape index (κ2) is 7.18. The molecule has 3 aromatic rings. The average molecular weight is 416 g/mol. The third-order valence-electron chi connectivity index (χ3n) is 5.72. The number of amides is 1. The largest absolute Gasteiger partial charge is 0.355 e. The van der Waals surface area contributed by atoms with Crippen LogP contribution in [0.25, 0.3) is 11.2 Å². The van der Waals surface area contributed by atoms with Crippen LogP contribution in [0, 0.1) is 0 Å². The molecule has 1 saturated carbocycles. The first-order valence-corrected chi connectivity index (χ1v) is 9.84. The van der Waals surface area contributed by atoms with Gasteiger partial charge in [-0.1, -0.05) is 29.8 Å². The van der Waals surface area contributed by atoms with Gasteiger partial charge < -0.3 is 9.88 Å². The first-order chi connectivity index (χ1) is 13.8. The molecule has 8 nitrogen and oxygen atoms in total. The molecular formula is C20H22ClN5O3. The second-order valence-corrected chi connectivity index (χ2v) is 8.01. The fourth-order valence-corrected chi connectivity index (χ4v) is 4.06. The molecule has 0 aliphatic heterocycles. The van der Waals surface area contributed by atoms with Crippen molar-refractivity contribution in [1.82, 2.24) is 24.0 Å². The number of carbonyl (C=O) groups is 1. The molecule has 2 heterocycles. The van der Waals surface area contributed by atoms with Crippen molar-refractivity contribution in [2.75, 3.05) is 6.54 Å². The Balaban J connectivity index is 1.44. The van der Waals surface area contributed by atoms with Crippen LogP contribution in [0.15, 0.2) is 40.2 Å². The number of nitrogens with one attached hydrogen (secondary N) is 1. The van der Waals surface area contributed by atoms with E-state index in [1.54, 1.807) is 11.6 Å². The Morgan fingerprint density at radius 2 is 1.93 bits per heavy atom. The van der Waals surface area contributed by atoms with Crippen LogP contribution in [0.2, 0.25) is 5.02 Å². The normalized spacial score (nSPS) is 14.9. The van der Waals surface area contributed by atoms with Crippen LogP contribution < -0.4 is 16.6 Å². The summed E-state index contributed by atoms with van der Waals surface area (Å²) in [5.74, 6) is -0.105. The number of benzene rings is 1. The van der Waals surface area contributed by atoms with E-state index in [0.717, 1.165) is 28.0 Å². The first-order valence-electron chi connectivity index (χ1n) is 9.47. The van der Waals surface area contributed by atoms with Crippen molar-refractivity contribution in [3.63, 3.8) is 0 Å². The molecule has 0 unspecified atom stereocenters. The van der Waals surface area contributed by atoms with Crippen LogP contribution in [0.4, 0.5) is 0 Å². The SMILES string of the molecule is Cn1c(=O)c2c(ncn2CCC(=O)NCC2(c3ccccc3Cl)CC2)n(C)c1=O. The number of hydrogen-bond donors (Lipinski definition) is 1. The maximum absolute atomic E-state index is 12.5. The summed E-state index contributed by atoms with van der Waals surface area (Å²) in [6, 6.07) is 7.74. The van der Waals surface area contributed by atoms with E-state index in [1.165, 1.54) is 17.9 Å². The number of hydrogen-bond acceptors (Lipinski definition) is 4. The van der Waals surface area contributed by atoms with Crippen LogP contribution in [0.1, 0.15) is 24.8 Å². The fraction of sp³-hybridized carbons (Fsp3) is 0.400. The van der Waals surface area contributed by atoms with Gasteiger partial charge in [-0.3, -0.25) is 18.7 Å². The van der Waals surface area contributed by atoms with Crippen molar-refractivity contribution in [3.8, 4) is 0 Å². The summed E-state index contributed by atoms with van der Waals surface area (Å²) in [5, 5.41) is 3.73. The minimum Gasteiger partial charge on any atom is -0.355 e. The van der Waals surface area contributed by atoms with E-state index >= 15 is 0 Å². The van der Waals surface area contributed by atoms with Crippen LogP contribution in [-0.4, -0.2) is 31.1 Å². The van der Waals surface area contributed by atoms with Gasteiger partial charge in [-0.2, -0.15) is 0 Å². The molecular weight excluding hydrogens is 394 g/mol. The molecule has 1 amide bonds. The highest BCUT2D eigenvalue weighted by Gasteiger charge is 2.45. The van der Waals surface area contributed by atoms with Crippen molar-refractivity contribution in [1.29, 1.82) is 0 Å². The van der Waals surface area contributed by atoms with E-state index in [0.29, 0.717) is 24.3 Å². The lowest BCUT2D eigenvalue weighted by molar-refractivity contribution is -0.121. The summed E-state index contributed by atoms with van der Waals surface area (Å²) in [5.41, 5.74) is 0.777. The van der Waals surface area contributed by atoms with Crippen LogP contribution in [0.3, 0.4) is 0 Å². The minimum absolute atomic E-state index is 0.0794. The molecule has 2 aromatic heterocycles. The predicted molar refractivity (Wildman–Crippen MR) is 110 cm³/mol. The van der Waals surface area contributed by atoms with Gasteiger partial charge in [-0.25, -0.2) is 9.78 Å². The second-order valence-electron chi connectivity index (χ2n) is 7.60. The standard InChI is InChI=1S/C20H22ClN5O3/c1-24-17-16(18(28)25(2)19(24)29)26(12-23-17)10-7-15(27)22-11-20(8-9-20)13-5-3-4-6-14(13)21/h3-6,12H,7-11H2,1-2H3,(H,22,27). The maximum atomic E-state index is 12.5. The molecule has 152 valence electrons. The predicted octanol–water partition coefficient (Wildman–Crippen LogP) is 1.33. The average Bonchev–Trinajstić information content (AvgIpc) is 3.38. The summed E-state index contributed by atoms with van der Waals surface area (Å²) in [6.45, 7) is 0.839. The number of rotatable bonds is 6. The summed E-state index contributed by atoms with van der Waals surface area (Å²) < 4.78 is 3.99. The summed E-state index contributed by atoms with van der Waals surface area (Å²) >= 11 is 6.32. The molecule has 29 heavy (non-hydrogen) atoms. The van der Waals surface area contributed by atoms with Gasteiger partial charge in [0.15, 0.2) is 11.2 Å². The Morgan fingerprint density at radius 3 is 2.62 bits per heavy atom. The summed E-state index contributed by atoms with van der Waals surface area (Å²) in [4.78, 5) is 41.1. The zero-order valence-electron chi connectivity index (χ0n) is 16.3. The molecule has 1 fully saturated rings. The van der Waals surface area contributed by atoms with Gasteiger partial charge in [-0.15, -0.1) is 0 Å². The zero-order chi connectivity index (χ0) is 20.8. The summed E-state index contributed by atoms with van der Waals surface area (Å²) in [7, 11) is 3.00.